The van der Waals surface area contributed by atoms with Gasteiger partial charge in [0.15, 0.2) is 5.96 Å². The van der Waals surface area contributed by atoms with Gasteiger partial charge in [0.1, 0.15) is 5.82 Å². The minimum Gasteiger partial charge on any atom is -0.379 e. The molecule has 150 valence electrons. The summed E-state index contributed by atoms with van der Waals surface area (Å²) in [6.07, 6.45) is 2.17. The molecule has 1 aliphatic carbocycles. The monoisotopic (exact) mass is 376 g/mol. The third-order valence-electron chi connectivity index (χ3n) is 5.72. The number of nitrogens with zero attached hydrogens (tertiary/aromatic N) is 2. The minimum absolute atomic E-state index is 0.00798. The molecule has 1 aliphatic heterocycles. The number of rotatable bonds is 7. The van der Waals surface area contributed by atoms with Gasteiger partial charge in [0.05, 0.1) is 19.8 Å². The van der Waals surface area contributed by atoms with E-state index in [0.717, 1.165) is 70.3 Å². The molecule has 1 saturated carbocycles. The van der Waals surface area contributed by atoms with Gasteiger partial charge in [0, 0.05) is 37.1 Å². The van der Waals surface area contributed by atoms with Crippen LogP contribution in [0.5, 0.6) is 0 Å². The highest BCUT2D eigenvalue weighted by molar-refractivity contribution is 5.80. The Bertz CT molecular complexity index is 651. The lowest BCUT2D eigenvalue weighted by molar-refractivity contribution is -0.00683. The lowest BCUT2D eigenvalue weighted by atomic mass is 9.96. The van der Waals surface area contributed by atoms with Crippen LogP contribution in [0.1, 0.15) is 39.2 Å². The average Bonchev–Trinajstić information content (AvgIpc) is 3.46. The van der Waals surface area contributed by atoms with E-state index in [1.807, 2.05) is 6.07 Å². The third-order valence-corrected chi connectivity index (χ3v) is 5.72. The van der Waals surface area contributed by atoms with Crippen LogP contribution in [0.4, 0.5) is 4.39 Å². The molecular formula is C21H33FN4O. The Morgan fingerprint density at radius 1 is 1.26 bits per heavy atom. The Hall–Kier alpha value is -1.66. The summed E-state index contributed by atoms with van der Waals surface area (Å²) in [5.41, 5.74) is 1.11. The summed E-state index contributed by atoms with van der Waals surface area (Å²) in [4.78, 5) is 7.28. The maximum atomic E-state index is 13.6. The van der Waals surface area contributed by atoms with E-state index in [0.29, 0.717) is 0 Å². The first-order valence-corrected chi connectivity index (χ1v) is 10.1. The fourth-order valence-corrected chi connectivity index (χ4v) is 3.67. The van der Waals surface area contributed by atoms with Gasteiger partial charge in [0.25, 0.3) is 0 Å². The van der Waals surface area contributed by atoms with Crippen molar-refractivity contribution in [3.8, 4) is 0 Å². The first kappa shape index (κ1) is 20.1. The number of morpholine rings is 1. The molecule has 6 heteroatoms. The Kier molecular flexibility index (Phi) is 6.37. The van der Waals surface area contributed by atoms with Crippen molar-refractivity contribution in [1.29, 1.82) is 0 Å². The molecule has 0 spiro atoms. The molecule has 1 heterocycles. The Morgan fingerprint density at radius 2 is 2.00 bits per heavy atom. The molecule has 0 radical (unpaired) electrons. The zero-order chi connectivity index (χ0) is 19.3. The molecule has 0 atom stereocenters. The molecule has 27 heavy (non-hydrogen) atoms. The highest BCUT2D eigenvalue weighted by Gasteiger charge is 2.44. The van der Waals surface area contributed by atoms with Crippen molar-refractivity contribution in [2.24, 2.45) is 4.99 Å². The van der Waals surface area contributed by atoms with Crippen LogP contribution in [0.15, 0.2) is 29.3 Å². The quantitative estimate of drug-likeness (QED) is 0.567. The summed E-state index contributed by atoms with van der Waals surface area (Å²) < 4.78 is 19.1. The van der Waals surface area contributed by atoms with E-state index in [9.17, 15) is 4.39 Å². The molecule has 0 bridgehead atoms. The van der Waals surface area contributed by atoms with E-state index in [1.165, 1.54) is 6.07 Å². The number of hydrogen-bond acceptors (Lipinski definition) is 3. The van der Waals surface area contributed by atoms with Crippen molar-refractivity contribution in [1.82, 2.24) is 15.5 Å². The van der Waals surface area contributed by atoms with Crippen molar-refractivity contribution < 1.29 is 9.13 Å². The van der Waals surface area contributed by atoms with Gasteiger partial charge >= 0.3 is 0 Å². The molecular weight excluding hydrogens is 343 g/mol. The molecule has 2 fully saturated rings. The molecule has 0 unspecified atom stereocenters. The van der Waals surface area contributed by atoms with Crippen LogP contribution in [0.2, 0.25) is 0 Å². The first-order valence-electron chi connectivity index (χ1n) is 10.1. The predicted molar refractivity (Wildman–Crippen MR) is 108 cm³/mol. The second kappa shape index (κ2) is 8.57. The number of hydrogen-bond donors (Lipinski definition) is 2. The lowest BCUT2D eigenvalue weighted by Gasteiger charge is -2.40. The summed E-state index contributed by atoms with van der Waals surface area (Å²) in [7, 11) is 0. The highest BCUT2D eigenvalue weighted by Crippen LogP contribution is 2.47. The third kappa shape index (κ3) is 5.20. The number of nitrogens with one attached hydrogen (secondary N) is 2. The summed E-state index contributed by atoms with van der Waals surface area (Å²) in [6.45, 7) is 12.4. The second-order valence-corrected chi connectivity index (χ2v) is 8.25. The van der Waals surface area contributed by atoms with Crippen molar-refractivity contribution in [2.75, 3.05) is 45.9 Å². The lowest BCUT2D eigenvalue weighted by Crippen LogP contribution is -2.52. The molecule has 3 rings (SSSR count). The van der Waals surface area contributed by atoms with E-state index in [-0.39, 0.29) is 16.8 Å². The van der Waals surface area contributed by atoms with Crippen LogP contribution in [-0.4, -0.2) is 62.3 Å². The van der Waals surface area contributed by atoms with Gasteiger partial charge in [-0.3, -0.25) is 9.89 Å². The zero-order valence-corrected chi connectivity index (χ0v) is 16.9. The number of ether oxygens (including phenoxy) is 1. The zero-order valence-electron chi connectivity index (χ0n) is 16.9. The topological polar surface area (TPSA) is 48.9 Å². The molecule has 0 aromatic heterocycles. The Balaban J connectivity index is 1.61. The van der Waals surface area contributed by atoms with Gasteiger partial charge in [-0.2, -0.15) is 0 Å². The fourth-order valence-electron chi connectivity index (χ4n) is 3.67. The predicted octanol–water partition coefficient (Wildman–Crippen LogP) is 2.52. The second-order valence-electron chi connectivity index (χ2n) is 8.25. The summed E-state index contributed by atoms with van der Waals surface area (Å²) in [6, 6.07) is 7.00. The van der Waals surface area contributed by atoms with Gasteiger partial charge < -0.3 is 15.4 Å². The van der Waals surface area contributed by atoms with Crippen LogP contribution in [-0.2, 0) is 10.2 Å². The number of halogens is 1. The number of aliphatic imine (C=N–C) groups is 1. The highest BCUT2D eigenvalue weighted by atomic mass is 19.1. The van der Waals surface area contributed by atoms with Crippen LogP contribution < -0.4 is 10.6 Å². The number of guanidine groups is 1. The van der Waals surface area contributed by atoms with E-state index >= 15 is 0 Å². The number of benzene rings is 1. The minimum atomic E-state index is -0.161. The molecule has 1 aromatic rings. The average molecular weight is 377 g/mol. The van der Waals surface area contributed by atoms with E-state index in [1.54, 1.807) is 12.1 Å². The molecule has 1 aromatic carbocycles. The van der Waals surface area contributed by atoms with Crippen molar-refractivity contribution in [3.05, 3.63) is 35.6 Å². The van der Waals surface area contributed by atoms with E-state index < -0.39 is 0 Å². The summed E-state index contributed by atoms with van der Waals surface area (Å²) >= 11 is 0. The maximum Gasteiger partial charge on any atom is 0.191 e. The summed E-state index contributed by atoms with van der Waals surface area (Å²) in [5.74, 6) is 0.674. The van der Waals surface area contributed by atoms with Crippen LogP contribution >= 0.6 is 0 Å². The van der Waals surface area contributed by atoms with Crippen LogP contribution in [0.3, 0.4) is 0 Å². The van der Waals surface area contributed by atoms with Gasteiger partial charge in [-0.15, -0.1) is 0 Å². The molecule has 2 N–H and O–H groups in total. The molecule has 5 nitrogen and oxygen atoms in total. The summed E-state index contributed by atoms with van der Waals surface area (Å²) in [5, 5.41) is 6.83. The largest absolute Gasteiger partial charge is 0.379 e. The fraction of sp³-hybridized carbons (Fsp3) is 0.667. The van der Waals surface area contributed by atoms with Crippen molar-refractivity contribution >= 4 is 5.96 Å². The van der Waals surface area contributed by atoms with Crippen LogP contribution in [0.25, 0.3) is 0 Å². The standard InChI is InChI=1S/C21H33FN4O/c1-4-23-19(24-15-20(2,3)26-10-12-27-13-11-26)25-16-21(8-9-21)17-6-5-7-18(22)14-17/h5-7,14H,4,8-13,15-16H2,1-3H3,(H2,23,24,25). The Morgan fingerprint density at radius 3 is 2.63 bits per heavy atom. The Labute approximate surface area is 162 Å². The van der Waals surface area contributed by atoms with Gasteiger partial charge in [-0.25, -0.2) is 4.39 Å². The first-order chi connectivity index (χ1) is 13.0. The van der Waals surface area contributed by atoms with Crippen molar-refractivity contribution in [2.45, 2.75) is 44.6 Å². The van der Waals surface area contributed by atoms with Gasteiger partial charge in [0.2, 0.25) is 0 Å². The molecule has 2 aliphatic rings. The van der Waals surface area contributed by atoms with E-state index in [4.69, 9.17) is 9.73 Å². The SMILES string of the molecule is CCNC(=NCC(C)(C)N1CCOCC1)NCC1(c2cccc(F)c2)CC1. The maximum absolute atomic E-state index is 13.6. The smallest absolute Gasteiger partial charge is 0.191 e. The van der Waals surface area contributed by atoms with Crippen LogP contribution in [0, 0.1) is 5.82 Å². The normalized spacial score (nSPS) is 20.4. The van der Waals surface area contributed by atoms with Gasteiger partial charge in [-0.05, 0) is 51.3 Å². The van der Waals surface area contributed by atoms with Gasteiger partial charge in [-0.1, -0.05) is 12.1 Å². The van der Waals surface area contributed by atoms with E-state index in [2.05, 4.69) is 36.3 Å². The van der Waals surface area contributed by atoms with Crippen molar-refractivity contribution in [3.63, 3.8) is 0 Å². The molecule has 1 saturated heterocycles. The molecule has 0 amide bonds.